The average Bonchev–Trinajstić information content (AvgIpc) is 3.02. The van der Waals surface area contributed by atoms with Crippen LogP contribution in [0.5, 0.6) is 5.75 Å². The molecule has 3 rings (SSSR count). The van der Waals surface area contributed by atoms with Gasteiger partial charge < -0.3 is 24.7 Å². The second kappa shape index (κ2) is 16.2. The number of ether oxygens (including phenoxy) is 4. The predicted molar refractivity (Wildman–Crippen MR) is 167 cm³/mol. The number of imide groups is 1. The molecule has 1 aliphatic heterocycles. The van der Waals surface area contributed by atoms with E-state index in [1.165, 1.54) is 24.3 Å². The first kappa shape index (κ1) is 36.0. The van der Waals surface area contributed by atoms with Gasteiger partial charge in [-0.1, -0.05) is 56.3 Å². The van der Waals surface area contributed by atoms with Crippen LogP contribution in [0, 0.1) is 5.92 Å². The molecular formula is C33H44N4O9. The van der Waals surface area contributed by atoms with Crippen LogP contribution in [-0.2, 0) is 41.6 Å². The lowest BCUT2D eigenvalue weighted by Gasteiger charge is -2.38. The summed E-state index contributed by atoms with van der Waals surface area (Å²) in [6.45, 7) is 8.57. The molecule has 3 N–H and O–H groups in total. The van der Waals surface area contributed by atoms with Crippen LogP contribution in [0.15, 0.2) is 54.6 Å². The number of nitrogens with one attached hydrogen (secondary N) is 1. The van der Waals surface area contributed by atoms with Gasteiger partial charge in [-0.2, -0.15) is 0 Å². The number of esters is 1. The zero-order valence-electron chi connectivity index (χ0n) is 27.2. The van der Waals surface area contributed by atoms with Gasteiger partial charge >= 0.3 is 18.2 Å². The number of hydrogen-bond donors (Lipinski definition) is 2. The van der Waals surface area contributed by atoms with E-state index in [1.54, 1.807) is 71.0 Å². The highest BCUT2D eigenvalue weighted by molar-refractivity contribution is 6.00. The Bertz CT molecular complexity index is 1380. The first-order valence-corrected chi connectivity index (χ1v) is 15.1. The Kier molecular flexibility index (Phi) is 12.7. The molecule has 0 radical (unpaired) electrons. The van der Waals surface area contributed by atoms with Crippen molar-refractivity contribution in [3.63, 3.8) is 0 Å². The predicted octanol–water partition coefficient (Wildman–Crippen LogP) is 3.73. The van der Waals surface area contributed by atoms with Crippen LogP contribution in [0.1, 0.15) is 58.6 Å². The van der Waals surface area contributed by atoms with Gasteiger partial charge in [-0.3, -0.25) is 19.4 Å². The summed E-state index contributed by atoms with van der Waals surface area (Å²) in [5.74, 6) is -2.29. The van der Waals surface area contributed by atoms with Gasteiger partial charge in [-0.05, 0) is 62.8 Å². The van der Waals surface area contributed by atoms with Crippen LogP contribution in [0.3, 0.4) is 0 Å². The molecule has 0 aliphatic carbocycles. The number of benzene rings is 2. The number of carbonyl (C=O) groups is 5. The molecule has 13 heteroatoms. The van der Waals surface area contributed by atoms with Gasteiger partial charge in [0.2, 0.25) is 5.91 Å². The van der Waals surface area contributed by atoms with E-state index in [4.69, 9.17) is 24.7 Å². The summed E-state index contributed by atoms with van der Waals surface area (Å²) in [7, 11) is 1.25. The summed E-state index contributed by atoms with van der Waals surface area (Å²) in [6, 6.07) is 11.8. The lowest BCUT2D eigenvalue weighted by Crippen LogP contribution is -2.63. The maximum atomic E-state index is 14.3. The molecule has 2 aromatic carbocycles. The molecule has 250 valence electrons. The van der Waals surface area contributed by atoms with E-state index in [2.05, 4.69) is 5.43 Å². The Labute approximate surface area is 269 Å². The molecule has 1 aliphatic rings. The number of nitrogens with zero attached hydrogens (tertiary/aromatic N) is 2. The molecule has 1 fully saturated rings. The molecule has 0 unspecified atom stereocenters. The molecule has 0 spiro atoms. The second-order valence-corrected chi connectivity index (χ2v) is 12.3. The molecule has 1 saturated heterocycles. The van der Waals surface area contributed by atoms with Crippen molar-refractivity contribution in [3.05, 3.63) is 65.7 Å². The third-order valence-electron chi connectivity index (χ3n) is 7.10. The van der Waals surface area contributed by atoms with E-state index in [1.807, 2.05) is 6.07 Å². The number of carbonyl (C=O) groups excluding carboxylic acids is 5. The SMILES string of the molecule is COC(=O)[C@@H]1CCCN(C(=O)[C@H](Cc2cccc(OC(=O)OC(C)(C)C)c2)N(C(=O)OCc2ccccc2)C(=O)[C@@H](N)C(C)C)N1. The molecule has 3 atom stereocenters. The maximum Gasteiger partial charge on any atom is 0.514 e. The van der Waals surface area contributed by atoms with E-state index in [0.29, 0.717) is 24.0 Å². The molecule has 46 heavy (non-hydrogen) atoms. The lowest BCUT2D eigenvalue weighted by atomic mass is 9.99. The zero-order chi connectivity index (χ0) is 34.0. The van der Waals surface area contributed by atoms with Gasteiger partial charge in [0.15, 0.2) is 0 Å². The highest BCUT2D eigenvalue weighted by atomic mass is 16.7. The van der Waals surface area contributed by atoms with Crippen LogP contribution in [0.2, 0.25) is 0 Å². The minimum Gasteiger partial charge on any atom is -0.468 e. The van der Waals surface area contributed by atoms with Gasteiger partial charge in [0, 0.05) is 13.0 Å². The van der Waals surface area contributed by atoms with Gasteiger partial charge in [0.25, 0.3) is 5.91 Å². The molecule has 3 amide bonds. The molecule has 0 bridgehead atoms. The number of hydrazine groups is 1. The highest BCUT2D eigenvalue weighted by Gasteiger charge is 2.42. The molecule has 0 aromatic heterocycles. The Balaban J connectivity index is 2.01. The largest absolute Gasteiger partial charge is 0.514 e. The van der Waals surface area contributed by atoms with E-state index in [9.17, 15) is 24.0 Å². The van der Waals surface area contributed by atoms with Crippen molar-refractivity contribution in [1.82, 2.24) is 15.3 Å². The van der Waals surface area contributed by atoms with Crippen LogP contribution < -0.4 is 15.9 Å². The first-order valence-electron chi connectivity index (χ1n) is 15.1. The molecule has 2 aromatic rings. The van der Waals surface area contributed by atoms with Crippen molar-refractivity contribution in [3.8, 4) is 5.75 Å². The molecule has 1 heterocycles. The summed E-state index contributed by atoms with van der Waals surface area (Å²) in [6.07, 6.45) is -1.30. The van der Waals surface area contributed by atoms with Crippen LogP contribution >= 0.6 is 0 Å². The van der Waals surface area contributed by atoms with Gasteiger partial charge in [-0.25, -0.2) is 19.9 Å². The zero-order valence-corrected chi connectivity index (χ0v) is 27.2. The number of amides is 3. The van der Waals surface area contributed by atoms with Crippen molar-refractivity contribution in [2.75, 3.05) is 13.7 Å². The van der Waals surface area contributed by atoms with Crippen LogP contribution in [0.25, 0.3) is 0 Å². The van der Waals surface area contributed by atoms with Gasteiger partial charge in [0.1, 0.15) is 30.0 Å². The smallest absolute Gasteiger partial charge is 0.468 e. The Morgan fingerprint density at radius 2 is 1.70 bits per heavy atom. The average molecular weight is 641 g/mol. The van der Waals surface area contributed by atoms with Crippen LogP contribution in [0.4, 0.5) is 9.59 Å². The van der Waals surface area contributed by atoms with E-state index < -0.39 is 53.8 Å². The Hall–Kier alpha value is -4.49. The first-order chi connectivity index (χ1) is 21.7. The maximum absolute atomic E-state index is 14.3. The van der Waals surface area contributed by atoms with Crippen LogP contribution in [-0.4, -0.2) is 77.3 Å². The summed E-state index contributed by atoms with van der Waals surface area (Å²) < 4.78 is 21.0. The summed E-state index contributed by atoms with van der Waals surface area (Å²) in [5, 5.41) is 1.21. The Morgan fingerprint density at radius 1 is 1.02 bits per heavy atom. The van der Waals surface area contributed by atoms with Crippen molar-refractivity contribution in [2.45, 2.75) is 84.2 Å². The van der Waals surface area contributed by atoms with E-state index in [0.717, 1.165) is 4.90 Å². The Morgan fingerprint density at radius 3 is 2.33 bits per heavy atom. The van der Waals surface area contributed by atoms with Crippen molar-refractivity contribution in [1.29, 1.82) is 0 Å². The topological polar surface area (TPSA) is 167 Å². The van der Waals surface area contributed by atoms with Gasteiger partial charge in [-0.15, -0.1) is 0 Å². The normalized spacial score (nSPS) is 16.2. The molecular weight excluding hydrogens is 596 g/mol. The van der Waals surface area contributed by atoms with E-state index in [-0.39, 0.29) is 31.2 Å². The summed E-state index contributed by atoms with van der Waals surface area (Å²) in [5.41, 5.74) is 9.46. The summed E-state index contributed by atoms with van der Waals surface area (Å²) >= 11 is 0. The van der Waals surface area contributed by atoms with Crippen molar-refractivity contribution in [2.24, 2.45) is 11.7 Å². The standard InChI is InChI=1S/C33H44N4O9/c1-21(2)27(34)29(39)37(31(41)44-20-22-12-8-7-9-13-22)26(28(38)36-17-11-16-25(35-36)30(40)43-6)19-23-14-10-15-24(18-23)45-32(42)46-33(3,4)5/h7-10,12-15,18,21,25-27,35H,11,16-17,19-20,34H2,1-6H3/t25-,26-,27-/m0/s1. The summed E-state index contributed by atoms with van der Waals surface area (Å²) in [4.78, 5) is 67.3. The quantitative estimate of drug-likeness (QED) is 0.221. The fraction of sp³-hybridized carbons (Fsp3) is 0.485. The molecule has 0 saturated carbocycles. The van der Waals surface area contributed by atoms with Crippen molar-refractivity contribution >= 4 is 30.0 Å². The lowest BCUT2D eigenvalue weighted by molar-refractivity contribution is -0.154. The number of methoxy groups -OCH3 is 1. The van der Waals surface area contributed by atoms with E-state index >= 15 is 0 Å². The monoisotopic (exact) mass is 640 g/mol. The number of hydrogen-bond acceptors (Lipinski definition) is 11. The minimum atomic E-state index is -1.46. The van der Waals surface area contributed by atoms with Gasteiger partial charge in [0.05, 0.1) is 13.2 Å². The second-order valence-electron chi connectivity index (χ2n) is 12.3. The third kappa shape index (κ3) is 10.3. The number of rotatable bonds is 10. The fourth-order valence-electron chi connectivity index (χ4n) is 4.66. The minimum absolute atomic E-state index is 0.128. The van der Waals surface area contributed by atoms with Crippen molar-refractivity contribution < 1.29 is 42.9 Å². The number of nitrogens with two attached hydrogens (primary N) is 1. The molecule has 13 nitrogen and oxygen atoms in total. The third-order valence-corrected chi connectivity index (χ3v) is 7.10. The fourth-order valence-corrected chi connectivity index (χ4v) is 4.66. The highest BCUT2D eigenvalue weighted by Crippen LogP contribution is 2.22.